The summed E-state index contributed by atoms with van der Waals surface area (Å²) in [7, 11) is 0. The molecule has 0 saturated carbocycles. The topological polar surface area (TPSA) is 398 Å². The maximum absolute atomic E-state index is 13.5. The van der Waals surface area contributed by atoms with E-state index in [1.807, 2.05) is 0 Å². The van der Waals surface area contributed by atoms with Crippen molar-refractivity contribution >= 4 is 75.6 Å². The molecule has 23 nitrogen and oxygen atoms in total. The average Bonchev–Trinajstić information content (AvgIpc) is 3.13. The summed E-state index contributed by atoms with van der Waals surface area (Å²) in [5, 5.41) is 63.1. The van der Waals surface area contributed by atoms with Crippen molar-refractivity contribution in [2.75, 3.05) is 10.6 Å². The van der Waals surface area contributed by atoms with E-state index in [0.29, 0.717) is 45.1 Å². The maximum Gasteiger partial charge on any atom is 0.282 e. The van der Waals surface area contributed by atoms with E-state index in [-0.39, 0.29) is 22.5 Å². The minimum atomic E-state index is -0.880. The van der Waals surface area contributed by atoms with Crippen LogP contribution in [0.3, 0.4) is 0 Å². The molecule has 0 spiro atoms. The molecule has 0 bridgehead atoms. The zero-order chi connectivity index (χ0) is 41.0. The minimum Gasteiger partial charge on any atom is -0.369 e. The molecule has 3 aromatic carbocycles. The SMILES string of the molecule is C/C(=N/NC(=N)N)c1cc(NC(=O)c2ccc(C(=O)Nc3cc(/C(C)=N\NC(=N)N)cc(/C(C)=N/NC(=N)N)c3)cc2[N+](=O)[O-])cc(/C(C)=N\NC(=N)N)c1. The number of nitrogens with one attached hydrogen (secondary N) is 10. The van der Waals surface area contributed by atoms with Crippen LogP contribution in [0.1, 0.15) is 70.7 Å². The van der Waals surface area contributed by atoms with Crippen molar-refractivity contribution in [3.05, 3.63) is 98.1 Å². The minimum absolute atomic E-state index is 0.152. The Morgan fingerprint density at radius 1 is 0.545 bits per heavy atom. The zero-order valence-electron chi connectivity index (χ0n) is 29.9. The third-order valence-corrected chi connectivity index (χ3v) is 7.13. The van der Waals surface area contributed by atoms with Crippen LogP contribution in [0.15, 0.2) is 75.0 Å². The first-order valence-electron chi connectivity index (χ1n) is 15.6. The van der Waals surface area contributed by atoms with Gasteiger partial charge in [-0.3, -0.25) is 41.3 Å². The van der Waals surface area contributed by atoms with Gasteiger partial charge in [0.15, 0.2) is 0 Å². The summed E-state index contributed by atoms with van der Waals surface area (Å²) in [6, 6.07) is 12.8. The summed E-state index contributed by atoms with van der Waals surface area (Å²) in [6.45, 7) is 6.44. The molecule has 23 heteroatoms. The van der Waals surface area contributed by atoms with Crippen LogP contribution in [-0.2, 0) is 0 Å². The van der Waals surface area contributed by atoms with E-state index in [1.165, 1.54) is 18.2 Å². The molecule has 3 rings (SSSR count). The van der Waals surface area contributed by atoms with Crippen molar-refractivity contribution in [1.29, 1.82) is 21.6 Å². The second-order valence-corrected chi connectivity index (χ2v) is 11.4. The Morgan fingerprint density at radius 2 is 0.873 bits per heavy atom. The predicted octanol–water partition coefficient (Wildman–Crippen LogP) is 0.928. The van der Waals surface area contributed by atoms with Crippen molar-refractivity contribution in [3.8, 4) is 0 Å². The number of carbonyl (C=O) groups is 2. The van der Waals surface area contributed by atoms with Crippen molar-refractivity contribution in [3.63, 3.8) is 0 Å². The van der Waals surface area contributed by atoms with Gasteiger partial charge in [0.2, 0.25) is 23.8 Å². The fraction of sp³-hybridized carbons (Fsp3) is 0.125. The number of benzene rings is 3. The van der Waals surface area contributed by atoms with E-state index in [4.69, 9.17) is 44.6 Å². The molecule has 0 aliphatic carbocycles. The van der Waals surface area contributed by atoms with Crippen molar-refractivity contribution in [2.45, 2.75) is 27.7 Å². The molecule has 0 heterocycles. The number of hydrogen-bond donors (Lipinski definition) is 14. The lowest BCUT2D eigenvalue weighted by Crippen LogP contribution is -2.27. The molecule has 0 aliphatic heterocycles. The van der Waals surface area contributed by atoms with Crippen LogP contribution in [0.4, 0.5) is 17.1 Å². The van der Waals surface area contributed by atoms with E-state index in [0.717, 1.165) is 12.1 Å². The van der Waals surface area contributed by atoms with Crippen molar-refractivity contribution in [2.24, 2.45) is 43.3 Å². The summed E-state index contributed by atoms with van der Waals surface area (Å²) < 4.78 is 0. The summed E-state index contributed by atoms with van der Waals surface area (Å²) in [5.41, 5.74) is 33.2. The Hall–Kier alpha value is -8.24. The van der Waals surface area contributed by atoms with Crippen molar-refractivity contribution < 1.29 is 14.5 Å². The van der Waals surface area contributed by atoms with Gasteiger partial charge in [0.1, 0.15) is 5.56 Å². The van der Waals surface area contributed by atoms with Gasteiger partial charge in [-0.15, -0.1) is 0 Å². The lowest BCUT2D eigenvalue weighted by atomic mass is 10.0. The van der Waals surface area contributed by atoms with Crippen LogP contribution in [-0.4, -0.2) is 63.4 Å². The van der Waals surface area contributed by atoms with Gasteiger partial charge in [0, 0.05) is 45.3 Å². The van der Waals surface area contributed by atoms with Gasteiger partial charge in [0.05, 0.1) is 27.8 Å². The lowest BCUT2D eigenvalue weighted by molar-refractivity contribution is -0.385. The van der Waals surface area contributed by atoms with Crippen LogP contribution >= 0.6 is 0 Å². The molecule has 0 aliphatic rings. The number of guanidine groups is 4. The van der Waals surface area contributed by atoms with E-state index in [1.54, 1.807) is 52.0 Å². The molecule has 0 saturated heterocycles. The van der Waals surface area contributed by atoms with Crippen LogP contribution < -0.4 is 55.3 Å². The largest absolute Gasteiger partial charge is 0.369 e. The quantitative estimate of drug-likeness (QED) is 0.0502. The highest BCUT2D eigenvalue weighted by Crippen LogP contribution is 2.25. The van der Waals surface area contributed by atoms with Crippen molar-refractivity contribution in [1.82, 2.24) is 21.7 Å². The van der Waals surface area contributed by atoms with Gasteiger partial charge < -0.3 is 33.6 Å². The van der Waals surface area contributed by atoms with Crippen LogP contribution in [0.2, 0.25) is 0 Å². The van der Waals surface area contributed by atoms with Gasteiger partial charge in [-0.05, 0) is 76.2 Å². The second kappa shape index (κ2) is 18.3. The Balaban J connectivity index is 2.01. The van der Waals surface area contributed by atoms with Crippen LogP contribution in [0.5, 0.6) is 0 Å². The van der Waals surface area contributed by atoms with Gasteiger partial charge in [-0.2, -0.15) is 20.4 Å². The Bertz CT molecular complexity index is 2110. The van der Waals surface area contributed by atoms with Gasteiger partial charge in [-0.1, -0.05) is 0 Å². The molecule has 0 aromatic heterocycles. The van der Waals surface area contributed by atoms with E-state index in [9.17, 15) is 19.7 Å². The molecule has 3 aromatic rings. The Kier molecular flexibility index (Phi) is 13.7. The number of hydrazone groups is 4. The molecular weight excluding hydrogens is 714 g/mol. The van der Waals surface area contributed by atoms with E-state index >= 15 is 0 Å². The van der Waals surface area contributed by atoms with Gasteiger partial charge in [-0.25, -0.2) is 21.7 Å². The third kappa shape index (κ3) is 12.2. The summed E-state index contributed by atoms with van der Waals surface area (Å²) in [5.74, 6) is -3.28. The Morgan fingerprint density at radius 3 is 1.18 bits per heavy atom. The third-order valence-electron chi connectivity index (χ3n) is 7.13. The van der Waals surface area contributed by atoms with Crippen LogP contribution in [0, 0.1) is 31.8 Å². The molecule has 2 amide bonds. The molecule has 18 N–H and O–H groups in total. The molecule has 0 atom stereocenters. The number of amides is 2. The predicted molar refractivity (Wildman–Crippen MR) is 211 cm³/mol. The summed E-state index contributed by atoms with van der Waals surface area (Å²) in [6.07, 6.45) is 0. The molecule has 55 heavy (non-hydrogen) atoms. The molecule has 0 radical (unpaired) electrons. The summed E-state index contributed by atoms with van der Waals surface area (Å²) >= 11 is 0. The number of nitrogens with two attached hydrogens (primary N) is 4. The fourth-order valence-corrected chi connectivity index (χ4v) is 4.49. The standard InChI is InChI=1S/C32H39N19O4/c1-14(43-47-29(33)34)19-7-20(15(2)44-48-30(35)36)10-23(9-19)41-27(52)18-5-6-25(26(13-18)51(54)55)28(53)42-24-11-21(16(3)45-49-31(37)38)8-22(12-24)17(4)46-50-32(39)40/h5-13H,1-4H3,(H,41,52)(H,42,53)(H4,33,34,47)(H4,35,36,48)(H4,37,38,49)(H4,39,40,50)/b43-14-,44-15+,45-16-,46-17-. The van der Waals surface area contributed by atoms with E-state index in [2.05, 4.69) is 52.7 Å². The van der Waals surface area contributed by atoms with E-state index < -0.39 is 46.3 Å². The highest BCUT2D eigenvalue weighted by Gasteiger charge is 2.24. The number of hydrogen-bond acceptors (Lipinski definition) is 12. The van der Waals surface area contributed by atoms with Gasteiger partial charge >= 0.3 is 0 Å². The first-order chi connectivity index (χ1) is 25.8. The smallest absolute Gasteiger partial charge is 0.282 e. The molecule has 286 valence electrons. The zero-order valence-corrected chi connectivity index (χ0v) is 29.9. The number of rotatable bonds is 13. The normalized spacial score (nSPS) is 11.9. The number of carbonyl (C=O) groups excluding carboxylic acids is 2. The maximum atomic E-state index is 13.5. The summed E-state index contributed by atoms with van der Waals surface area (Å²) in [4.78, 5) is 38.4. The highest BCUT2D eigenvalue weighted by atomic mass is 16.6. The molecule has 0 unspecified atom stereocenters. The Labute approximate surface area is 312 Å². The second-order valence-electron chi connectivity index (χ2n) is 11.4. The molecular formula is C32H39N19O4. The van der Waals surface area contributed by atoms with Gasteiger partial charge in [0.25, 0.3) is 17.5 Å². The highest BCUT2D eigenvalue weighted by molar-refractivity contribution is 6.12. The first-order valence-corrected chi connectivity index (χ1v) is 15.6. The lowest BCUT2D eigenvalue weighted by Gasteiger charge is -2.13. The number of nitrogens with zero attached hydrogens (tertiary/aromatic N) is 5. The number of nitro groups is 1. The monoisotopic (exact) mass is 753 g/mol. The number of nitro benzene ring substituents is 1. The fourth-order valence-electron chi connectivity index (χ4n) is 4.49. The number of anilines is 2. The molecule has 0 fully saturated rings. The van der Waals surface area contributed by atoms with Crippen LogP contribution in [0.25, 0.3) is 0 Å². The first kappa shape index (κ1) is 41.2. The average molecular weight is 754 g/mol.